The van der Waals surface area contributed by atoms with E-state index in [-0.39, 0.29) is 49.1 Å². The Morgan fingerprint density at radius 1 is 1.01 bits per heavy atom. The Morgan fingerprint density at radius 3 is 2.47 bits per heavy atom. The smallest absolute Gasteiger partial charge is 0.243 e. The fraction of sp³-hybridized carbons (Fsp3) is 0.412. The Kier molecular flexibility index (Phi) is 14.2. The summed E-state index contributed by atoms with van der Waals surface area (Å²) in [6, 6.07) is 17.7. The van der Waals surface area contributed by atoms with Gasteiger partial charge in [0.25, 0.3) is 0 Å². The standard InChI is InChI=1S/C51H56N12O5S2/c1-7-61(35-14-12-34(13-15-35)49-58-59-50(70-49)38-25-54-41(21-40(38)53-6)42-17-16-36-19-31(23-52)24-56-63(36)42)45(65)22-39(32-8-10-33(11-9-32)47-30(5)55-27-69-47)57-48(66)43-20-37(64)26-62(43)51(67)46(28(2)3)44-18-29(4)60-68-44/h8-11,16-19,21,24-25,27-28,34-35,37,39,43,46,64H,7,12-15,20,22,26H2,1-6H3,(H,53,54)(H,57,66)/t34-,35-,37-,39+,43+,46?/m1/s1. The number of hydrogen-bond acceptors (Lipinski definition) is 15. The minimum atomic E-state index is -0.952. The lowest BCUT2D eigenvalue weighted by atomic mass is 9.85. The summed E-state index contributed by atoms with van der Waals surface area (Å²) in [5, 5.41) is 46.1. The summed E-state index contributed by atoms with van der Waals surface area (Å²) in [7, 11) is 1.86. The molecule has 3 amide bonds. The van der Waals surface area contributed by atoms with E-state index >= 15 is 0 Å². The van der Waals surface area contributed by atoms with Crippen molar-refractivity contribution in [1.29, 1.82) is 5.26 Å². The van der Waals surface area contributed by atoms with Gasteiger partial charge in [-0.05, 0) is 87.8 Å². The fourth-order valence-corrected chi connectivity index (χ4v) is 11.9. The van der Waals surface area contributed by atoms with Crippen molar-refractivity contribution in [3.05, 3.63) is 106 Å². The third-order valence-electron chi connectivity index (χ3n) is 13.7. The zero-order valence-electron chi connectivity index (χ0n) is 40.0. The van der Waals surface area contributed by atoms with Crippen LogP contribution in [0.2, 0.25) is 0 Å². The number of carbonyl (C=O) groups excluding carboxylic acids is 3. The van der Waals surface area contributed by atoms with E-state index in [1.807, 2.05) is 87.6 Å². The van der Waals surface area contributed by atoms with Gasteiger partial charge in [-0.15, -0.1) is 21.5 Å². The molecule has 1 aliphatic carbocycles. The summed E-state index contributed by atoms with van der Waals surface area (Å²) in [5.41, 5.74) is 9.62. The number of amides is 3. The highest BCUT2D eigenvalue weighted by atomic mass is 32.1. The third-order valence-corrected chi connectivity index (χ3v) is 15.7. The Balaban J connectivity index is 0.890. The molecule has 1 unspecified atom stereocenters. The van der Waals surface area contributed by atoms with Crippen molar-refractivity contribution in [2.45, 2.75) is 109 Å². The molecular weight excluding hydrogens is 925 g/mol. The van der Waals surface area contributed by atoms with Crippen molar-refractivity contribution in [2.75, 3.05) is 25.5 Å². The lowest BCUT2D eigenvalue weighted by Crippen LogP contribution is -2.49. The van der Waals surface area contributed by atoms with Gasteiger partial charge in [0.1, 0.15) is 28.8 Å². The minimum absolute atomic E-state index is 0.00119. The van der Waals surface area contributed by atoms with Crippen LogP contribution in [0.15, 0.2) is 77.0 Å². The zero-order chi connectivity index (χ0) is 49.2. The first-order chi connectivity index (χ1) is 33.8. The number of nitriles is 1. The Morgan fingerprint density at radius 2 is 1.80 bits per heavy atom. The summed E-state index contributed by atoms with van der Waals surface area (Å²) < 4.78 is 7.31. The number of aliphatic hydroxyl groups excluding tert-OH is 1. The van der Waals surface area contributed by atoms with Crippen LogP contribution in [-0.2, 0) is 14.4 Å². The number of pyridine rings is 1. The molecule has 0 bridgehead atoms. The zero-order valence-corrected chi connectivity index (χ0v) is 41.6. The van der Waals surface area contributed by atoms with E-state index in [2.05, 4.69) is 42.1 Å². The lowest BCUT2D eigenvalue weighted by molar-refractivity contribution is -0.141. The van der Waals surface area contributed by atoms with Gasteiger partial charge in [-0.25, -0.2) is 9.50 Å². The molecule has 3 N–H and O–H groups in total. The largest absolute Gasteiger partial charge is 0.391 e. The molecule has 0 radical (unpaired) electrons. The van der Waals surface area contributed by atoms with Crippen molar-refractivity contribution >= 4 is 51.6 Å². The van der Waals surface area contributed by atoms with Gasteiger partial charge in [-0.2, -0.15) is 10.4 Å². The second kappa shape index (κ2) is 20.6. The number of carbonyl (C=O) groups is 3. The van der Waals surface area contributed by atoms with E-state index < -0.39 is 30.0 Å². The highest BCUT2D eigenvalue weighted by Crippen LogP contribution is 2.41. The van der Waals surface area contributed by atoms with Crippen LogP contribution in [0.1, 0.15) is 110 Å². The highest BCUT2D eigenvalue weighted by Gasteiger charge is 2.44. The number of thiazole rings is 1. The molecule has 362 valence electrons. The highest BCUT2D eigenvalue weighted by molar-refractivity contribution is 7.14. The van der Waals surface area contributed by atoms with Crippen LogP contribution in [0.4, 0.5) is 5.69 Å². The maximum Gasteiger partial charge on any atom is 0.243 e. The number of hydrogen-bond donors (Lipinski definition) is 3. The SMILES string of the molecule is CCN(C(=O)C[C@H](NC(=O)[C@@H]1C[C@@H](O)CN1C(=O)C(c1cc(C)no1)C(C)C)c1ccc(-c2scnc2C)cc1)[C@H]1CC[C@H](c2nnc(-c3cnc(-c4ccc5cc(C#N)cnn45)cc3NC)s2)CC1. The summed E-state index contributed by atoms with van der Waals surface area (Å²) in [4.78, 5) is 56.9. The van der Waals surface area contributed by atoms with E-state index in [1.165, 1.54) is 11.1 Å². The van der Waals surface area contributed by atoms with Crippen LogP contribution >= 0.6 is 22.7 Å². The average molecular weight is 981 g/mol. The second-order valence-corrected chi connectivity index (χ2v) is 20.4. The molecule has 2 aliphatic rings. The Bertz CT molecular complexity index is 3050. The molecule has 1 aromatic carbocycles. The van der Waals surface area contributed by atoms with E-state index in [4.69, 9.17) is 9.51 Å². The molecule has 7 heterocycles. The first-order valence-corrected chi connectivity index (χ1v) is 25.4. The summed E-state index contributed by atoms with van der Waals surface area (Å²) in [6.45, 7) is 10.1. The molecule has 9 rings (SSSR count). The van der Waals surface area contributed by atoms with Gasteiger partial charge in [0, 0.05) is 56.5 Å². The van der Waals surface area contributed by atoms with E-state index in [9.17, 15) is 24.8 Å². The number of likely N-dealkylation sites (tertiary alicyclic amines) is 1. The van der Waals surface area contributed by atoms with Crippen LogP contribution < -0.4 is 10.6 Å². The van der Waals surface area contributed by atoms with E-state index in [0.29, 0.717) is 23.6 Å². The Labute approximate surface area is 414 Å². The van der Waals surface area contributed by atoms with E-state index in [0.717, 1.165) is 85.6 Å². The van der Waals surface area contributed by atoms with Crippen LogP contribution in [-0.4, -0.2) is 106 Å². The number of aliphatic hydroxyl groups is 1. The first-order valence-electron chi connectivity index (χ1n) is 23.8. The maximum atomic E-state index is 14.6. The molecule has 1 aliphatic heterocycles. The van der Waals surface area contributed by atoms with Crippen molar-refractivity contribution in [2.24, 2.45) is 5.92 Å². The van der Waals surface area contributed by atoms with Gasteiger partial charge in [0.05, 0.1) is 74.6 Å². The molecule has 17 nitrogen and oxygen atoms in total. The predicted octanol–water partition coefficient (Wildman–Crippen LogP) is 8.08. The van der Waals surface area contributed by atoms with Crippen molar-refractivity contribution < 1.29 is 24.0 Å². The fourth-order valence-electron chi connectivity index (χ4n) is 10.0. The lowest BCUT2D eigenvalue weighted by Gasteiger charge is -2.37. The molecule has 0 spiro atoms. The van der Waals surface area contributed by atoms with Crippen molar-refractivity contribution in [3.63, 3.8) is 0 Å². The van der Waals surface area contributed by atoms with Crippen LogP contribution in [0.25, 0.3) is 37.9 Å². The minimum Gasteiger partial charge on any atom is -0.391 e. The molecule has 6 aromatic heterocycles. The predicted molar refractivity (Wildman–Crippen MR) is 267 cm³/mol. The number of rotatable bonds is 15. The first kappa shape index (κ1) is 48.2. The molecular formula is C51H56N12O5S2. The Hall–Kier alpha value is -6.88. The topological polar surface area (TPSA) is 221 Å². The third kappa shape index (κ3) is 9.80. The molecule has 2 fully saturated rings. The monoisotopic (exact) mass is 980 g/mol. The van der Waals surface area contributed by atoms with Gasteiger partial charge >= 0.3 is 0 Å². The van der Waals surface area contributed by atoms with E-state index in [1.54, 1.807) is 52.4 Å². The van der Waals surface area contributed by atoms with Crippen molar-refractivity contribution in [1.82, 2.24) is 50.1 Å². The molecule has 4 atom stereocenters. The number of nitrogens with zero attached hydrogens (tertiary/aromatic N) is 10. The number of benzene rings is 1. The van der Waals surface area contributed by atoms with Gasteiger partial charge in [-0.3, -0.25) is 19.4 Å². The molecule has 19 heteroatoms. The number of anilines is 1. The number of fused-ring (bicyclic) bond motifs is 1. The van der Waals surface area contributed by atoms with Gasteiger partial charge in [0.15, 0.2) is 5.01 Å². The second-order valence-electron chi connectivity index (χ2n) is 18.5. The summed E-state index contributed by atoms with van der Waals surface area (Å²) in [6.07, 6.45) is 5.75. The van der Waals surface area contributed by atoms with Crippen LogP contribution in [0, 0.1) is 31.1 Å². The summed E-state index contributed by atoms with van der Waals surface area (Å²) >= 11 is 3.11. The van der Waals surface area contributed by atoms with Crippen molar-refractivity contribution in [3.8, 4) is 38.5 Å². The molecule has 1 saturated carbocycles. The number of β-amino-alcohol motifs (C(OH)–C–C–N with tert-alkyl or cyclic N) is 1. The number of nitrogens with one attached hydrogen (secondary N) is 2. The van der Waals surface area contributed by atoms with Crippen LogP contribution in [0.3, 0.4) is 0 Å². The normalized spacial score (nSPS) is 19.0. The summed E-state index contributed by atoms with van der Waals surface area (Å²) in [5.74, 6) is -1.08. The van der Waals surface area contributed by atoms with Gasteiger partial charge < -0.3 is 30.1 Å². The molecule has 1 saturated heterocycles. The molecule has 7 aromatic rings. The quantitative estimate of drug-likeness (QED) is 0.0886. The number of aryl methyl sites for hydroxylation is 2. The van der Waals surface area contributed by atoms with Crippen LogP contribution in [0.5, 0.6) is 0 Å². The van der Waals surface area contributed by atoms with Gasteiger partial charge in [0.2, 0.25) is 17.7 Å². The molecule has 70 heavy (non-hydrogen) atoms. The maximum absolute atomic E-state index is 14.6. The average Bonchev–Trinajstić information content (AvgIpc) is 4.24. The number of aromatic nitrogens is 7. The van der Waals surface area contributed by atoms with Gasteiger partial charge in [-0.1, -0.05) is 54.6 Å².